The highest BCUT2D eigenvalue weighted by atomic mass is 16.5. The number of piperidine rings is 1. The Balaban J connectivity index is 1.65. The number of carbonyl (C=O) groups excluding carboxylic acids is 1. The van der Waals surface area contributed by atoms with Gasteiger partial charge >= 0.3 is 0 Å². The minimum Gasteiger partial charge on any atom is -0.384 e. The number of hydrogen-bond acceptors (Lipinski definition) is 5. The maximum absolute atomic E-state index is 12.8. The molecular weight excluding hydrogens is 342 g/mol. The number of carbonyl (C=O) groups is 1. The molecule has 0 aromatic carbocycles. The SMILES string of the molecule is CCC1(CC)CN(c2ccc(C(=O)N3CCC[C@@H](COC)C3)cn2)CCO1. The fourth-order valence-electron chi connectivity index (χ4n) is 4.22. The number of ether oxygens (including phenoxy) is 2. The van der Waals surface area contributed by atoms with E-state index in [4.69, 9.17) is 9.47 Å². The number of nitrogens with zero attached hydrogens (tertiary/aromatic N) is 3. The lowest BCUT2D eigenvalue weighted by molar-refractivity contribution is -0.0606. The van der Waals surface area contributed by atoms with E-state index in [1.54, 1.807) is 13.3 Å². The highest BCUT2D eigenvalue weighted by Gasteiger charge is 2.34. The van der Waals surface area contributed by atoms with Gasteiger partial charge in [0.1, 0.15) is 5.82 Å². The number of morpholine rings is 1. The summed E-state index contributed by atoms with van der Waals surface area (Å²) in [6.07, 6.45) is 5.88. The summed E-state index contributed by atoms with van der Waals surface area (Å²) in [6, 6.07) is 3.89. The van der Waals surface area contributed by atoms with Crippen molar-refractivity contribution in [1.29, 1.82) is 0 Å². The van der Waals surface area contributed by atoms with Gasteiger partial charge in [0, 0.05) is 39.5 Å². The van der Waals surface area contributed by atoms with Gasteiger partial charge in [0.25, 0.3) is 5.91 Å². The monoisotopic (exact) mass is 375 g/mol. The molecule has 1 aromatic heterocycles. The van der Waals surface area contributed by atoms with Crippen LogP contribution in [0.2, 0.25) is 0 Å². The third-order valence-electron chi connectivity index (χ3n) is 6.06. The minimum absolute atomic E-state index is 0.0771. The fourth-order valence-corrected chi connectivity index (χ4v) is 4.22. The van der Waals surface area contributed by atoms with Gasteiger partial charge in [0.15, 0.2) is 0 Å². The van der Waals surface area contributed by atoms with Crippen molar-refractivity contribution in [2.75, 3.05) is 51.4 Å². The number of methoxy groups -OCH3 is 1. The van der Waals surface area contributed by atoms with Crippen molar-refractivity contribution >= 4 is 11.7 Å². The van der Waals surface area contributed by atoms with Gasteiger partial charge in [0.05, 0.1) is 24.4 Å². The predicted molar refractivity (Wildman–Crippen MR) is 106 cm³/mol. The van der Waals surface area contributed by atoms with Gasteiger partial charge in [-0.1, -0.05) is 13.8 Å². The van der Waals surface area contributed by atoms with Gasteiger partial charge in [-0.3, -0.25) is 4.79 Å². The first-order valence-electron chi connectivity index (χ1n) is 10.2. The number of hydrogen-bond donors (Lipinski definition) is 0. The molecule has 0 radical (unpaired) electrons. The van der Waals surface area contributed by atoms with E-state index in [2.05, 4.69) is 23.7 Å². The van der Waals surface area contributed by atoms with Gasteiger partial charge < -0.3 is 19.3 Å². The van der Waals surface area contributed by atoms with Gasteiger partial charge in [0.2, 0.25) is 0 Å². The van der Waals surface area contributed by atoms with E-state index in [1.165, 1.54) is 0 Å². The molecule has 27 heavy (non-hydrogen) atoms. The van der Waals surface area contributed by atoms with Crippen LogP contribution in [0.25, 0.3) is 0 Å². The first kappa shape index (κ1) is 20.1. The molecule has 2 saturated heterocycles. The van der Waals surface area contributed by atoms with Crippen LogP contribution in [0.15, 0.2) is 18.3 Å². The Morgan fingerprint density at radius 3 is 2.81 bits per heavy atom. The van der Waals surface area contributed by atoms with Crippen LogP contribution in [-0.4, -0.2) is 67.9 Å². The van der Waals surface area contributed by atoms with E-state index >= 15 is 0 Å². The van der Waals surface area contributed by atoms with E-state index in [0.29, 0.717) is 18.1 Å². The number of amides is 1. The van der Waals surface area contributed by atoms with Crippen LogP contribution < -0.4 is 4.90 Å². The van der Waals surface area contributed by atoms with E-state index in [1.807, 2.05) is 17.0 Å². The zero-order valence-corrected chi connectivity index (χ0v) is 16.9. The number of pyridine rings is 1. The Hall–Kier alpha value is -1.66. The van der Waals surface area contributed by atoms with Crippen LogP contribution in [0.3, 0.4) is 0 Å². The summed E-state index contributed by atoms with van der Waals surface area (Å²) in [4.78, 5) is 21.7. The Bertz CT molecular complexity index is 614. The Morgan fingerprint density at radius 1 is 1.33 bits per heavy atom. The van der Waals surface area contributed by atoms with E-state index in [-0.39, 0.29) is 11.5 Å². The van der Waals surface area contributed by atoms with Crippen molar-refractivity contribution in [3.63, 3.8) is 0 Å². The molecule has 0 spiro atoms. The van der Waals surface area contributed by atoms with E-state index < -0.39 is 0 Å². The minimum atomic E-state index is -0.0847. The molecule has 1 atom stereocenters. The molecule has 0 saturated carbocycles. The summed E-state index contributed by atoms with van der Waals surface area (Å²) in [5.74, 6) is 1.44. The molecule has 2 aliphatic heterocycles. The number of aromatic nitrogens is 1. The summed E-state index contributed by atoms with van der Waals surface area (Å²) in [7, 11) is 1.72. The second-order valence-electron chi connectivity index (χ2n) is 7.78. The smallest absolute Gasteiger partial charge is 0.255 e. The lowest BCUT2D eigenvalue weighted by Gasteiger charge is -2.42. The van der Waals surface area contributed by atoms with Crippen molar-refractivity contribution in [3.05, 3.63) is 23.9 Å². The lowest BCUT2D eigenvalue weighted by atomic mass is 9.95. The quantitative estimate of drug-likeness (QED) is 0.765. The van der Waals surface area contributed by atoms with Crippen LogP contribution in [0.4, 0.5) is 5.82 Å². The van der Waals surface area contributed by atoms with Crippen molar-refractivity contribution < 1.29 is 14.3 Å². The first-order chi connectivity index (χ1) is 13.1. The third-order valence-corrected chi connectivity index (χ3v) is 6.06. The van der Waals surface area contributed by atoms with Crippen molar-refractivity contribution in [1.82, 2.24) is 9.88 Å². The number of anilines is 1. The molecule has 0 bridgehead atoms. The molecule has 2 fully saturated rings. The number of likely N-dealkylation sites (tertiary alicyclic amines) is 1. The summed E-state index contributed by atoms with van der Waals surface area (Å²) < 4.78 is 11.3. The average molecular weight is 376 g/mol. The number of rotatable bonds is 6. The molecule has 2 aliphatic rings. The average Bonchev–Trinajstić information content (AvgIpc) is 2.74. The summed E-state index contributed by atoms with van der Waals surface area (Å²) >= 11 is 0. The molecule has 3 rings (SSSR count). The predicted octanol–water partition coefficient (Wildman–Crippen LogP) is 2.98. The molecule has 3 heterocycles. The van der Waals surface area contributed by atoms with Crippen LogP contribution >= 0.6 is 0 Å². The van der Waals surface area contributed by atoms with Crippen molar-refractivity contribution in [2.24, 2.45) is 5.92 Å². The van der Waals surface area contributed by atoms with E-state index in [0.717, 1.165) is 64.3 Å². The molecule has 6 heteroatoms. The highest BCUT2D eigenvalue weighted by Crippen LogP contribution is 2.28. The summed E-state index contributed by atoms with van der Waals surface area (Å²) in [6.45, 7) is 9.08. The molecule has 1 aromatic rings. The van der Waals surface area contributed by atoms with Crippen LogP contribution in [0.1, 0.15) is 49.9 Å². The normalized spacial score (nSPS) is 22.7. The zero-order chi connectivity index (χ0) is 19.3. The lowest BCUT2D eigenvalue weighted by Crippen LogP contribution is -2.51. The molecule has 6 nitrogen and oxygen atoms in total. The second-order valence-corrected chi connectivity index (χ2v) is 7.78. The van der Waals surface area contributed by atoms with Gasteiger partial charge in [-0.25, -0.2) is 4.98 Å². The Labute approximate surface area is 162 Å². The highest BCUT2D eigenvalue weighted by molar-refractivity contribution is 5.94. The Kier molecular flexibility index (Phi) is 6.71. The molecular formula is C21H33N3O3. The van der Waals surface area contributed by atoms with Crippen LogP contribution in [-0.2, 0) is 9.47 Å². The summed E-state index contributed by atoms with van der Waals surface area (Å²) in [5.41, 5.74) is 0.584. The summed E-state index contributed by atoms with van der Waals surface area (Å²) in [5, 5.41) is 0. The second kappa shape index (κ2) is 9.02. The third kappa shape index (κ3) is 4.61. The Morgan fingerprint density at radius 2 is 2.15 bits per heavy atom. The van der Waals surface area contributed by atoms with Crippen molar-refractivity contribution in [3.8, 4) is 0 Å². The molecule has 150 valence electrons. The zero-order valence-electron chi connectivity index (χ0n) is 16.9. The van der Waals surface area contributed by atoms with Gasteiger partial charge in [-0.15, -0.1) is 0 Å². The van der Waals surface area contributed by atoms with Crippen molar-refractivity contribution in [2.45, 2.75) is 45.1 Å². The first-order valence-corrected chi connectivity index (χ1v) is 10.2. The molecule has 0 aliphatic carbocycles. The van der Waals surface area contributed by atoms with Crippen LogP contribution in [0, 0.1) is 5.92 Å². The topological polar surface area (TPSA) is 54.9 Å². The maximum atomic E-state index is 12.8. The van der Waals surface area contributed by atoms with Gasteiger partial charge in [-0.2, -0.15) is 0 Å². The largest absolute Gasteiger partial charge is 0.384 e. The van der Waals surface area contributed by atoms with E-state index in [9.17, 15) is 4.79 Å². The molecule has 0 N–H and O–H groups in total. The molecule has 1 amide bonds. The molecule has 0 unspecified atom stereocenters. The maximum Gasteiger partial charge on any atom is 0.255 e. The standard InChI is InChI=1S/C21H33N3O3/c1-4-21(5-2)16-24(11-12-27-21)19-9-8-18(13-22-19)20(25)23-10-6-7-17(14-23)15-26-3/h8-9,13,17H,4-7,10-12,14-16H2,1-3H3/t17-/m1/s1. The van der Waals surface area contributed by atoms with Gasteiger partial charge in [-0.05, 0) is 43.7 Å². The fraction of sp³-hybridized carbons (Fsp3) is 0.714. The van der Waals surface area contributed by atoms with Crippen LogP contribution in [0.5, 0.6) is 0 Å².